The van der Waals surface area contributed by atoms with Crippen LogP contribution in [0.3, 0.4) is 0 Å². The molecule has 1 fully saturated rings. The van der Waals surface area contributed by atoms with Crippen molar-refractivity contribution in [1.29, 1.82) is 0 Å². The van der Waals surface area contributed by atoms with E-state index in [2.05, 4.69) is 16.3 Å². The maximum Gasteiger partial charge on any atom is 0.410 e. The largest absolute Gasteiger partial charge is 0.444 e. The van der Waals surface area contributed by atoms with E-state index < -0.39 is 5.60 Å². The predicted molar refractivity (Wildman–Crippen MR) is 102 cm³/mol. The molecule has 1 aliphatic rings. The molecule has 2 rings (SSSR count). The Morgan fingerprint density at radius 1 is 1.15 bits per heavy atom. The molecule has 1 aromatic carbocycles. The van der Waals surface area contributed by atoms with Crippen LogP contribution in [0.4, 0.5) is 4.79 Å². The average molecular weight is 361 g/mol. The molecule has 1 heterocycles. The molecule has 6 nitrogen and oxygen atoms in total. The standard InChI is InChI=1S/C20H31N3O3/c1-16-6-5-7-17(14-16)15-21-18(24)8-9-22-10-12-23(13-11-22)19(25)26-20(2,3)4/h5-7,14H,8-13,15H2,1-4H3,(H,21,24). The Morgan fingerprint density at radius 3 is 2.46 bits per heavy atom. The average Bonchev–Trinajstić information content (AvgIpc) is 2.57. The minimum Gasteiger partial charge on any atom is -0.444 e. The van der Waals surface area contributed by atoms with Gasteiger partial charge in [0.15, 0.2) is 0 Å². The normalized spacial score (nSPS) is 15.6. The minimum absolute atomic E-state index is 0.0566. The summed E-state index contributed by atoms with van der Waals surface area (Å²) in [6.45, 7) is 11.7. The number of rotatable bonds is 5. The van der Waals surface area contributed by atoms with E-state index in [4.69, 9.17) is 4.74 Å². The van der Waals surface area contributed by atoms with Gasteiger partial charge in [-0.15, -0.1) is 0 Å². The van der Waals surface area contributed by atoms with Crippen molar-refractivity contribution in [3.63, 3.8) is 0 Å². The number of carbonyl (C=O) groups is 2. The molecule has 0 unspecified atom stereocenters. The zero-order valence-electron chi connectivity index (χ0n) is 16.4. The first-order chi connectivity index (χ1) is 12.2. The minimum atomic E-state index is -0.469. The van der Waals surface area contributed by atoms with Gasteiger partial charge in [0.1, 0.15) is 5.60 Å². The molecular weight excluding hydrogens is 330 g/mol. The van der Waals surface area contributed by atoms with Crippen LogP contribution < -0.4 is 5.32 Å². The number of nitrogens with zero attached hydrogens (tertiary/aromatic N) is 2. The van der Waals surface area contributed by atoms with Crippen LogP contribution in [0.2, 0.25) is 0 Å². The number of aryl methyl sites for hydroxylation is 1. The molecule has 1 saturated heterocycles. The molecule has 0 spiro atoms. The summed E-state index contributed by atoms with van der Waals surface area (Å²) in [7, 11) is 0. The Balaban J connectivity index is 1.65. The number of carbonyl (C=O) groups excluding carboxylic acids is 2. The summed E-state index contributed by atoms with van der Waals surface area (Å²) in [4.78, 5) is 28.1. The number of nitrogens with one attached hydrogen (secondary N) is 1. The summed E-state index contributed by atoms with van der Waals surface area (Å²) >= 11 is 0. The van der Waals surface area contributed by atoms with Gasteiger partial charge in [-0.25, -0.2) is 4.79 Å². The van der Waals surface area contributed by atoms with E-state index in [1.54, 1.807) is 4.90 Å². The van der Waals surface area contributed by atoms with Gasteiger partial charge in [-0.2, -0.15) is 0 Å². The zero-order valence-corrected chi connectivity index (χ0v) is 16.4. The van der Waals surface area contributed by atoms with E-state index in [0.717, 1.165) is 18.7 Å². The molecule has 6 heteroatoms. The molecule has 1 N–H and O–H groups in total. The molecule has 144 valence electrons. The van der Waals surface area contributed by atoms with Crippen LogP contribution >= 0.6 is 0 Å². The second-order valence-corrected chi connectivity index (χ2v) is 7.82. The molecular formula is C20H31N3O3. The van der Waals surface area contributed by atoms with Gasteiger partial charge in [0, 0.05) is 45.7 Å². The maximum atomic E-state index is 12.1. The van der Waals surface area contributed by atoms with Crippen LogP contribution in [0.1, 0.15) is 38.3 Å². The Bertz CT molecular complexity index is 617. The number of piperazine rings is 1. The highest BCUT2D eigenvalue weighted by Crippen LogP contribution is 2.12. The van der Waals surface area contributed by atoms with E-state index >= 15 is 0 Å². The van der Waals surface area contributed by atoms with E-state index in [-0.39, 0.29) is 12.0 Å². The molecule has 0 bridgehead atoms. The summed E-state index contributed by atoms with van der Waals surface area (Å²) in [5, 5.41) is 2.97. The fraction of sp³-hybridized carbons (Fsp3) is 0.600. The van der Waals surface area contributed by atoms with Gasteiger partial charge >= 0.3 is 6.09 Å². The molecule has 0 radical (unpaired) electrons. The number of hydrogen-bond acceptors (Lipinski definition) is 4. The highest BCUT2D eigenvalue weighted by molar-refractivity contribution is 5.76. The van der Waals surface area contributed by atoms with Crippen LogP contribution in [0.5, 0.6) is 0 Å². The highest BCUT2D eigenvalue weighted by Gasteiger charge is 2.25. The van der Waals surface area contributed by atoms with Crippen LogP contribution in [0.15, 0.2) is 24.3 Å². The van der Waals surface area contributed by atoms with Crippen LogP contribution in [-0.2, 0) is 16.1 Å². The third-order valence-electron chi connectivity index (χ3n) is 4.25. The van der Waals surface area contributed by atoms with Gasteiger partial charge < -0.3 is 15.0 Å². The van der Waals surface area contributed by atoms with Gasteiger partial charge in [-0.3, -0.25) is 9.69 Å². The van der Waals surface area contributed by atoms with Crippen molar-refractivity contribution in [2.45, 2.75) is 46.3 Å². The first-order valence-electron chi connectivity index (χ1n) is 9.25. The zero-order chi connectivity index (χ0) is 19.2. The van der Waals surface area contributed by atoms with Gasteiger partial charge in [0.2, 0.25) is 5.91 Å². The summed E-state index contributed by atoms with van der Waals surface area (Å²) in [5.74, 6) is 0.0566. The van der Waals surface area contributed by atoms with E-state index in [0.29, 0.717) is 32.6 Å². The third kappa shape index (κ3) is 7.04. The third-order valence-corrected chi connectivity index (χ3v) is 4.25. The topological polar surface area (TPSA) is 61.9 Å². The Labute approximate surface area is 156 Å². The predicted octanol–water partition coefficient (Wildman–Crippen LogP) is 2.55. The number of amides is 2. The summed E-state index contributed by atoms with van der Waals surface area (Å²) in [6, 6.07) is 8.14. The molecule has 0 saturated carbocycles. The summed E-state index contributed by atoms with van der Waals surface area (Å²) in [6.07, 6.45) is 0.214. The van der Waals surface area contributed by atoms with Crippen molar-refractivity contribution < 1.29 is 14.3 Å². The van der Waals surface area contributed by atoms with Crippen LogP contribution in [-0.4, -0.2) is 60.1 Å². The molecule has 1 aliphatic heterocycles. The Morgan fingerprint density at radius 2 is 1.85 bits per heavy atom. The van der Waals surface area contributed by atoms with Crippen LogP contribution in [0, 0.1) is 6.92 Å². The number of ether oxygens (including phenoxy) is 1. The van der Waals surface area contributed by atoms with Gasteiger partial charge in [-0.05, 0) is 33.3 Å². The lowest BCUT2D eigenvalue weighted by Crippen LogP contribution is -2.50. The van der Waals surface area contributed by atoms with Crippen molar-refractivity contribution in [2.75, 3.05) is 32.7 Å². The van der Waals surface area contributed by atoms with Crippen molar-refractivity contribution in [2.24, 2.45) is 0 Å². The molecule has 0 aromatic heterocycles. The van der Waals surface area contributed by atoms with Crippen molar-refractivity contribution in [1.82, 2.24) is 15.1 Å². The first-order valence-corrected chi connectivity index (χ1v) is 9.25. The van der Waals surface area contributed by atoms with Crippen molar-refractivity contribution in [3.05, 3.63) is 35.4 Å². The van der Waals surface area contributed by atoms with Gasteiger partial charge in [0.05, 0.1) is 0 Å². The smallest absolute Gasteiger partial charge is 0.410 e. The fourth-order valence-electron chi connectivity index (χ4n) is 2.85. The second-order valence-electron chi connectivity index (χ2n) is 7.82. The maximum absolute atomic E-state index is 12.1. The molecule has 26 heavy (non-hydrogen) atoms. The van der Waals surface area contributed by atoms with Crippen molar-refractivity contribution in [3.8, 4) is 0 Å². The first kappa shape index (κ1) is 20.2. The SMILES string of the molecule is Cc1cccc(CNC(=O)CCN2CCN(C(=O)OC(C)(C)C)CC2)c1. The van der Waals surface area contributed by atoms with E-state index in [1.165, 1.54) is 5.56 Å². The Hall–Kier alpha value is -2.08. The summed E-state index contributed by atoms with van der Waals surface area (Å²) in [5.41, 5.74) is 1.84. The highest BCUT2D eigenvalue weighted by atomic mass is 16.6. The number of hydrogen-bond donors (Lipinski definition) is 1. The van der Waals surface area contributed by atoms with E-state index in [1.807, 2.05) is 45.9 Å². The molecule has 0 atom stereocenters. The lowest BCUT2D eigenvalue weighted by molar-refractivity contribution is -0.121. The quantitative estimate of drug-likeness (QED) is 0.876. The number of benzene rings is 1. The molecule has 0 aliphatic carbocycles. The van der Waals surface area contributed by atoms with Crippen molar-refractivity contribution >= 4 is 12.0 Å². The van der Waals surface area contributed by atoms with Gasteiger partial charge in [0.25, 0.3) is 0 Å². The second kappa shape index (κ2) is 9.03. The van der Waals surface area contributed by atoms with Crippen LogP contribution in [0.25, 0.3) is 0 Å². The van der Waals surface area contributed by atoms with E-state index in [9.17, 15) is 9.59 Å². The molecule has 1 aromatic rings. The molecule has 2 amide bonds. The monoisotopic (exact) mass is 361 g/mol. The lowest BCUT2D eigenvalue weighted by atomic mass is 10.1. The summed E-state index contributed by atoms with van der Waals surface area (Å²) < 4.78 is 5.40. The lowest BCUT2D eigenvalue weighted by Gasteiger charge is -2.35. The van der Waals surface area contributed by atoms with Gasteiger partial charge in [-0.1, -0.05) is 29.8 Å². The fourth-order valence-corrected chi connectivity index (χ4v) is 2.85. The Kier molecular flexibility index (Phi) is 7.03.